The van der Waals surface area contributed by atoms with Crippen molar-refractivity contribution in [3.8, 4) is 5.75 Å². The van der Waals surface area contributed by atoms with Gasteiger partial charge in [-0.2, -0.15) is 8.75 Å². The van der Waals surface area contributed by atoms with E-state index >= 15 is 0 Å². The van der Waals surface area contributed by atoms with E-state index < -0.39 is 10.8 Å². The molecule has 3 rings (SSSR count). The van der Waals surface area contributed by atoms with Crippen LogP contribution in [0.1, 0.15) is 0 Å². The fraction of sp³-hybridized carbons (Fsp3) is 0.0714. The van der Waals surface area contributed by atoms with E-state index in [1.807, 2.05) is 0 Å². The van der Waals surface area contributed by atoms with Gasteiger partial charge in [-0.05, 0) is 24.3 Å². The van der Waals surface area contributed by atoms with Gasteiger partial charge in [-0.25, -0.2) is 0 Å². The minimum absolute atomic E-state index is 0.0544. The first-order chi connectivity index (χ1) is 11.5. The Morgan fingerprint density at radius 1 is 1.25 bits per heavy atom. The number of hydrogen-bond donors (Lipinski definition) is 1. The van der Waals surface area contributed by atoms with E-state index in [4.69, 9.17) is 16.3 Å². The van der Waals surface area contributed by atoms with Crippen molar-refractivity contribution in [1.82, 2.24) is 8.75 Å². The average Bonchev–Trinajstić information content (AvgIpc) is 3.05. The van der Waals surface area contributed by atoms with Gasteiger partial charge in [0.25, 0.3) is 11.6 Å². The summed E-state index contributed by atoms with van der Waals surface area (Å²) in [5.41, 5.74) is 1.47. The highest BCUT2D eigenvalue weighted by atomic mass is 35.5. The van der Waals surface area contributed by atoms with Crippen molar-refractivity contribution in [2.75, 3.05) is 11.9 Å². The van der Waals surface area contributed by atoms with Crippen molar-refractivity contribution in [1.29, 1.82) is 0 Å². The first kappa shape index (κ1) is 16.1. The van der Waals surface area contributed by atoms with Crippen LogP contribution in [0.3, 0.4) is 0 Å². The van der Waals surface area contributed by atoms with E-state index in [0.717, 1.165) is 11.7 Å². The quantitative estimate of drug-likeness (QED) is 0.550. The number of anilines is 1. The van der Waals surface area contributed by atoms with Crippen molar-refractivity contribution < 1.29 is 14.5 Å². The Morgan fingerprint density at radius 3 is 2.71 bits per heavy atom. The van der Waals surface area contributed by atoms with E-state index in [-0.39, 0.29) is 12.3 Å². The zero-order valence-electron chi connectivity index (χ0n) is 11.9. The maximum Gasteiger partial charge on any atom is 0.269 e. The normalized spacial score (nSPS) is 10.5. The van der Waals surface area contributed by atoms with Gasteiger partial charge >= 0.3 is 0 Å². The predicted molar refractivity (Wildman–Crippen MR) is 89.6 cm³/mol. The van der Waals surface area contributed by atoms with Crippen LogP contribution in [-0.2, 0) is 4.79 Å². The number of rotatable bonds is 5. The highest BCUT2D eigenvalue weighted by Crippen LogP contribution is 2.29. The number of halogens is 1. The van der Waals surface area contributed by atoms with Gasteiger partial charge in [0.2, 0.25) is 0 Å². The van der Waals surface area contributed by atoms with Crippen molar-refractivity contribution in [2.24, 2.45) is 0 Å². The molecule has 2 aromatic carbocycles. The highest BCUT2D eigenvalue weighted by Gasteiger charge is 2.13. The van der Waals surface area contributed by atoms with Gasteiger partial charge in [0.1, 0.15) is 16.8 Å². The van der Waals surface area contributed by atoms with Crippen LogP contribution in [0.2, 0.25) is 5.02 Å². The fourth-order valence-corrected chi connectivity index (χ4v) is 2.68. The topological polar surface area (TPSA) is 107 Å². The Morgan fingerprint density at radius 2 is 2.00 bits per heavy atom. The molecule has 122 valence electrons. The molecule has 1 amide bonds. The number of fused-ring (bicyclic) bond motifs is 1. The monoisotopic (exact) mass is 364 g/mol. The third-order valence-corrected chi connectivity index (χ3v) is 3.92. The highest BCUT2D eigenvalue weighted by molar-refractivity contribution is 7.00. The molecule has 0 aliphatic carbocycles. The van der Waals surface area contributed by atoms with Gasteiger partial charge in [-0.3, -0.25) is 14.9 Å². The molecule has 0 unspecified atom stereocenters. The zero-order valence-corrected chi connectivity index (χ0v) is 13.5. The molecule has 3 aromatic rings. The molecule has 1 heterocycles. The van der Waals surface area contributed by atoms with E-state index in [9.17, 15) is 14.9 Å². The second kappa shape index (κ2) is 6.77. The number of aromatic nitrogens is 2. The molecular formula is C14H9ClN4O4S. The number of carbonyl (C=O) groups excluding carboxylic acids is 1. The van der Waals surface area contributed by atoms with Gasteiger partial charge in [0.05, 0.1) is 27.4 Å². The van der Waals surface area contributed by atoms with Crippen LogP contribution < -0.4 is 10.1 Å². The number of non-ortho nitro benzene ring substituents is 1. The Hall–Kier alpha value is -2.78. The van der Waals surface area contributed by atoms with Gasteiger partial charge in [-0.1, -0.05) is 11.6 Å². The van der Waals surface area contributed by atoms with E-state index in [2.05, 4.69) is 14.1 Å². The maximum atomic E-state index is 12.0. The van der Waals surface area contributed by atoms with Crippen molar-refractivity contribution in [3.63, 3.8) is 0 Å². The lowest BCUT2D eigenvalue weighted by molar-refractivity contribution is -0.384. The van der Waals surface area contributed by atoms with Crippen LogP contribution in [0.5, 0.6) is 5.75 Å². The molecule has 0 aliphatic rings. The molecule has 1 aromatic heterocycles. The van der Waals surface area contributed by atoms with Crippen LogP contribution in [0, 0.1) is 10.1 Å². The lowest BCUT2D eigenvalue weighted by Gasteiger charge is -2.09. The molecule has 0 atom stereocenters. The molecule has 24 heavy (non-hydrogen) atoms. The number of amides is 1. The number of ether oxygens (including phenoxy) is 1. The lowest BCUT2D eigenvalue weighted by Crippen LogP contribution is -2.20. The van der Waals surface area contributed by atoms with Crippen LogP contribution in [0.4, 0.5) is 11.4 Å². The van der Waals surface area contributed by atoms with Crippen LogP contribution >= 0.6 is 23.3 Å². The lowest BCUT2D eigenvalue weighted by atomic mass is 10.2. The summed E-state index contributed by atoms with van der Waals surface area (Å²) in [6.45, 7) is -0.276. The predicted octanol–water partition coefficient (Wildman–Crippen LogP) is 3.27. The Labute approximate surface area is 144 Å². The Balaban J connectivity index is 1.66. The molecular weight excluding hydrogens is 356 g/mol. The van der Waals surface area contributed by atoms with E-state index in [0.29, 0.717) is 27.5 Å². The first-order valence-electron chi connectivity index (χ1n) is 6.62. The van der Waals surface area contributed by atoms with Crippen molar-refractivity contribution in [2.45, 2.75) is 0 Å². The van der Waals surface area contributed by atoms with E-state index in [1.165, 1.54) is 24.3 Å². The number of nitrogens with zero attached hydrogens (tertiary/aromatic N) is 3. The number of nitro groups is 1. The maximum absolute atomic E-state index is 12.0. The summed E-state index contributed by atoms with van der Waals surface area (Å²) in [5.74, 6) is -0.0915. The van der Waals surface area contributed by atoms with Gasteiger partial charge < -0.3 is 10.1 Å². The third-order valence-electron chi connectivity index (χ3n) is 3.06. The summed E-state index contributed by atoms with van der Waals surface area (Å²) >= 11 is 7.11. The van der Waals surface area contributed by atoms with Gasteiger partial charge in [0.15, 0.2) is 6.61 Å². The average molecular weight is 365 g/mol. The van der Waals surface area contributed by atoms with Crippen molar-refractivity contribution >= 4 is 51.6 Å². The molecule has 0 saturated carbocycles. The number of nitrogens with one attached hydrogen (secondary N) is 1. The SMILES string of the molecule is O=C(COc1ccc([N+](=O)[O-])cc1)Nc1c(Cl)ccc2nsnc12. The molecule has 8 nitrogen and oxygen atoms in total. The summed E-state index contributed by atoms with van der Waals surface area (Å²) in [4.78, 5) is 22.1. The second-order valence-corrected chi connectivity index (χ2v) is 5.58. The smallest absolute Gasteiger partial charge is 0.269 e. The van der Waals surface area contributed by atoms with Gasteiger partial charge in [-0.15, -0.1) is 0 Å². The fourth-order valence-electron chi connectivity index (χ4n) is 1.93. The summed E-state index contributed by atoms with van der Waals surface area (Å²) < 4.78 is 13.5. The molecule has 1 N–H and O–H groups in total. The summed E-state index contributed by atoms with van der Waals surface area (Å²) in [6.07, 6.45) is 0. The molecule has 0 saturated heterocycles. The minimum atomic E-state index is -0.513. The van der Waals surface area contributed by atoms with Gasteiger partial charge in [0, 0.05) is 12.1 Å². The number of benzene rings is 2. The molecule has 0 radical (unpaired) electrons. The largest absolute Gasteiger partial charge is 0.484 e. The second-order valence-electron chi connectivity index (χ2n) is 4.64. The summed E-state index contributed by atoms with van der Waals surface area (Å²) in [7, 11) is 0. The molecule has 0 bridgehead atoms. The molecule has 0 fully saturated rings. The Kier molecular flexibility index (Phi) is 4.54. The number of nitro benzene ring substituents is 1. The number of carbonyl (C=O) groups is 1. The van der Waals surface area contributed by atoms with E-state index in [1.54, 1.807) is 12.1 Å². The molecule has 0 spiro atoms. The standard InChI is InChI=1S/C14H9ClN4O4S/c15-10-5-6-11-14(18-24-17-11)13(10)16-12(20)7-23-9-3-1-8(2-4-9)19(21)22/h1-6H,7H2,(H,16,20). The van der Waals surface area contributed by atoms with Crippen LogP contribution in [-0.4, -0.2) is 26.2 Å². The van der Waals surface area contributed by atoms with Crippen LogP contribution in [0.15, 0.2) is 36.4 Å². The first-order valence-corrected chi connectivity index (χ1v) is 7.73. The van der Waals surface area contributed by atoms with Crippen LogP contribution in [0.25, 0.3) is 11.0 Å². The number of hydrogen-bond acceptors (Lipinski definition) is 7. The molecule has 0 aliphatic heterocycles. The summed E-state index contributed by atoms with van der Waals surface area (Å²) in [6, 6.07) is 8.77. The summed E-state index contributed by atoms with van der Waals surface area (Å²) in [5, 5.41) is 13.6. The van der Waals surface area contributed by atoms with Crippen molar-refractivity contribution in [3.05, 3.63) is 51.5 Å². The molecule has 10 heteroatoms. The Bertz CT molecular complexity index is 913. The zero-order chi connectivity index (χ0) is 17.1. The third kappa shape index (κ3) is 3.42. The minimum Gasteiger partial charge on any atom is -0.484 e.